The first kappa shape index (κ1) is 31.5. The summed E-state index contributed by atoms with van der Waals surface area (Å²) in [4.78, 5) is 15.1. The Morgan fingerprint density at radius 2 is 0.877 bits per heavy atom. The number of hydrogen-bond acceptors (Lipinski definition) is 4. The van der Waals surface area contributed by atoms with E-state index < -0.39 is 0 Å². The first-order valence-corrected chi connectivity index (χ1v) is 19.1. The summed E-state index contributed by atoms with van der Waals surface area (Å²) < 4.78 is 11.4. The Labute approximate surface area is 326 Å². The van der Waals surface area contributed by atoms with E-state index in [4.69, 9.17) is 19.4 Å². The molecular formula is C51H31N5O. The standard InChI is InChI=1S/C51H31N5O/c1-4-15-32(16-5-1)49-52-50(33-17-6-2-7-18-33)54-51(53-49)34-19-14-22-36(31-34)56-42-29-27-38-37-23-10-12-25-41(37)55(35-20-8-3-9-21-35)47(38)45(42)40-28-30-44-46(48(40)56)39-24-11-13-26-43(39)57-44/h1-31H. The van der Waals surface area contributed by atoms with Crippen LogP contribution in [0, 0.1) is 0 Å². The Kier molecular flexibility index (Phi) is 6.83. The van der Waals surface area contributed by atoms with Gasteiger partial charge in [-0.1, -0.05) is 133 Å². The van der Waals surface area contributed by atoms with Crippen LogP contribution in [-0.2, 0) is 0 Å². The first-order valence-electron chi connectivity index (χ1n) is 19.1. The normalized spacial score (nSPS) is 11.9. The Morgan fingerprint density at radius 3 is 1.61 bits per heavy atom. The van der Waals surface area contributed by atoms with Crippen LogP contribution in [-0.4, -0.2) is 24.1 Å². The number of para-hydroxylation sites is 3. The van der Waals surface area contributed by atoms with Crippen molar-refractivity contribution < 1.29 is 4.42 Å². The lowest BCUT2D eigenvalue weighted by Crippen LogP contribution is -2.01. The van der Waals surface area contributed by atoms with Crippen LogP contribution in [0.5, 0.6) is 0 Å². The van der Waals surface area contributed by atoms with Crippen LogP contribution in [0.15, 0.2) is 192 Å². The molecule has 0 bridgehead atoms. The van der Waals surface area contributed by atoms with Gasteiger partial charge in [0.15, 0.2) is 17.5 Å². The fourth-order valence-corrected chi connectivity index (χ4v) is 8.69. The molecule has 6 heteroatoms. The smallest absolute Gasteiger partial charge is 0.164 e. The van der Waals surface area contributed by atoms with Gasteiger partial charge in [-0.25, -0.2) is 15.0 Å². The quantitative estimate of drug-likeness (QED) is 0.177. The van der Waals surface area contributed by atoms with Gasteiger partial charge in [-0.15, -0.1) is 0 Å². The predicted molar refractivity (Wildman–Crippen MR) is 232 cm³/mol. The third kappa shape index (κ3) is 4.81. The van der Waals surface area contributed by atoms with Crippen molar-refractivity contribution in [2.24, 2.45) is 0 Å². The van der Waals surface area contributed by atoms with Crippen LogP contribution in [0.25, 0.3) is 111 Å². The highest BCUT2D eigenvalue weighted by Crippen LogP contribution is 2.45. The highest BCUT2D eigenvalue weighted by atomic mass is 16.3. The molecule has 0 spiro atoms. The van der Waals surface area contributed by atoms with Crippen molar-refractivity contribution in [2.45, 2.75) is 0 Å². The van der Waals surface area contributed by atoms with Crippen LogP contribution in [0.4, 0.5) is 0 Å². The molecule has 4 aromatic heterocycles. The van der Waals surface area contributed by atoms with E-state index in [2.05, 4.69) is 130 Å². The summed E-state index contributed by atoms with van der Waals surface area (Å²) in [6.07, 6.45) is 0. The molecule has 0 fully saturated rings. The largest absolute Gasteiger partial charge is 0.456 e. The van der Waals surface area contributed by atoms with E-state index in [9.17, 15) is 0 Å². The third-order valence-electron chi connectivity index (χ3n) is 11.1. The van der Waals surface area contributed by atoms with Gasteiger partial charge in [0.25, 0.3) is 0 Å². The predicted octanol–water partition coefficient (Wildman–Crippen LogP) is 13.0. The molecule has 266 valence electrons. The van der Waals surface area contributed by atoms with E-state index in [1.165, 1.54) is 27.2 Å². The fraction of sp³-hybridized carbons (Fsp3) is 0. The summed E-state index contributed by atoms with van der Waals surface area (Å²) in [7, 11) is 0. The van der Waals surface area contributed by atoms with Gasteiger partial charge in [0.2, 0.25) is 0 Å². The monoisotopic (exact) mass is 729 g/mol. The van der Waals surface area contributed by atoms with E-state index in [1.807, 2.05) is 66.7 Å². The Bertz CT molecular complexity index is 3450. The second kappa shape index (κ2) is 12.3. The minimum absolute atomic E-state index is 0.607. The zero-order valence-electron chi connectivity index (χ0n) is 30.5. The Morgan fingerprint density at radius 1 is 0.333 bits per heavy atom. The maximum atomic E-state index is 6.53. The van der Waals surface area contributed by atoms with Gasteiger partial charge in [0.1, 0.15) is 11.2 Å². The fourth-order valence-electron chi connectivity index (χ4n) is 8.69. The first-order chi connectivity index (χ1) is 28.3. The van der Waals surface area contributed by atoms with Gasteiger partial charge in [0, 0.05) is 55.0 Å². The van der Waals surface area contributed by atoms with Crippen molar-refractivity contribution >= 4 is 65.6 Å². The Hall–Kier alpha value is -7.83. The van der Waals surface area contributed by atoms with Gasteiger partial charge in [-0.2, -0.15) is 0 Å². The van der Waals surface area contributed by atoms with E-state index >= 15 is 0 Å². The molecule has 0 N–H and O–H groups in total. The van der Waals surface area contributed by atoms with Gasteiger partial charge >= 0.3 is 0 Å². The number of rotatable bonds is 5. The second-order valence-corrected chi connectivity index (χ2v) is 14.4. The van der Waals surface area contributed by atoms with E-state index in [-0.39, 0.29) is 0 Å². The molecule has 8 aromatic carbocycles. The number of furan rings is 1. The molecule has 0 aliphatic carbocycles. The number of hydrogen-bond donors (Lipinski definition) is 0. The topological polar surface area (TPSA) is 61.7 Å². The summed E-state index contributed by atoms with van der Waals surface area (Å²) in [5, 5.41) is 6.91. The molecule has 0 saturated carbocycles. The lowest BCUT2D eigenvalue weighted by molar-refractivity contribution is 0.669. The summed E-state index contributed by atoms with van der Waals surface area (Å²) in [5.41, 5.74) is 11.1. The van der Waals surface area contributed by atoms with Crippen molar-refractivity contribution in [3.05, 3.63) is 188 Å². The number of fused-ring (bicyclic) bond motifs is 11. The molecule has 0 atom stereocenters. The molecule has 0 aliphatic heterocycles. The van der Waals surface area contributed by atoms with Gasteiger partial charge < -0.3 is 13.6 Å². The maximum Gasteiger partial charge on any atom is 0.164 e. The van der Waals surface area contributed by atoms with E-state index in [0.29, 0.717) is 17.5 Å². The van der Waals surface area contributed by atoms with E-state index in [0.717, 1.165) is 66.4 Å². The molecule has 0 saturated heterocycles. The minimum Gasteiger partial charge on any atom is -0.456 e. The van der Waals surface area contributed by atoms with Gasteiger partial charge in [-0.05, 0) is 54.6 Å². The molecule has 0 radical (unpaired) electrons. The molecule has 0 aliphatic rings. The zero-order valence-corrected chi connectivity index (χ0v) is 30.5. The van der Waals surface area contributed by atoms with Crippen molar-refractivity contribution in [1.29, 1.82) is 0 Å². The van der Waals surface area contributed by atoms with Crippen LogP contribution in [0.3, 0.4) is 0 Å². The number of benzene rings is 8. The molecule has 57 heavy (non-hydrogen) atoms. The van der Waals surface area contributed by atoms with Crippen LogP contribution in [0.2, 0.25) is 0 Å². The summed E-state index contributed by atoms with van der Waals surface area (Å²) in [6.45, 7) is 0. The number of nitrogens with zero attached hydrogens (tertiary/aromatic N) is 5. The summed E-state index contributed by atoms with van der Waals surface area (Å²) >= 11 is 0. The highest BCUT2D eigenvalue weighted by Gasteiger charge is 2.24. The average Bonchev–Trinajstić information content (AvgIpc) is 3.95. The van der Waals surface area contributed by atoms with Crippen molar-refractivity contribution in [2.75, 3.05) is 0 Å². The highest BCUT2D eigenvalue weighted by molar-refractivity contribution is 6.31. The summed E-state index contributed by atoms with van der Waals surface area (Å²) in [6, 6.07) is 65.5. The summed E-state index contributed by atoms with van der Waals surface area (Å²) in [5.74, 6) is 1.87. The second-order valence-electron chi connectivity index (χ2n) is 14.4. The number of aromatic nitrogens is 5. The lowest BCUT2D eigenvalue weighted by atomic mass is 10.1. The third-order valence-corrected chi connectivity index (χ3v) is 11.1. The molecule has 0 amide bonds. The molecule has 6 nitrogen and oxygen atoms in total. The van der Waals surface area contributed by atoms with Crippen molar-refractivity contribution in [1.82, 2.24) is 24.1 Å². The van der Waals surface area contributed by atoms with Gasteiger partial charge in [-0.3, -0.25) is 0 Å². The SMILES string of the molecule is c1ccc(-c2nc(-c3ccccc3)nc(-c3cccc(-n4c5ccc6c7ccccc7n(-c7ccccc7)c6c5c5ccc6oc7ccccc7c6c54)c3)n2)cc1. The van der Waals surface area contributed by atoms with Crippen molar-refractivity contribution in [3.8, 4) is 45.5 Å². The Balaban J connectivity index is 1.19. The van der Waals surface area contributed by atoms with E-state index in [1.54, 1.807) is 0 Å². The van der Waals surface area contributed by atoms with Crippen molar-refractivity contribution in [3.63, 3.8) is 0 Å². The van der Waals surface area contributed by atoms with Crippen LogP contribution >= 0.6 is 0 Å². The molecular weight excluding hydrogens is 699 g/mol. The average molecular weight is 730 g/mol. The van der Waals surface area contributed by atoms with Crippen LogP contribution in [0.1, 0.15) is 0 Å². The van der Waals surface area contributed by atoms with Crippen LogP contribution < -0.4 is 0 Å². The molecule has 0 unspecified atom stereocenters. The molecule has 4 heterocycles. The maximum absolute atomic E-state index is 6.53. The zero-order chi connectivity index (χ0) is 37.5. The lowest BCUT2D eigenvalue weighted by Gasteiger charge is -2.12. The molecule has 12 aromatic rings. The minimum atomic E-state index is 0.607. The van der Waals surface area contributed by atoms with Gasteiger partial charge in [0.05, 0.1) is 27.5 Å². The molecule has 12 rings (SSSR count).